The van der Waals surface area contributed by atoms with E-state index in [9.17, 15) is 0 Å². The Morgan fingerprint density at radius 3 is 2.30 bits per heavy atom. The van der Waals surface area contributed by atoms with Gasteiger partial charge in [0.05, 0.1) is 7.85 Å². The first-order chi connectivity index (χ1) is 9.50. The summed E-state index contributed by atoms with van der Waals surface area (Å²) in [7, 11) is 6.32. The average Bonchev–Trinajstić information content (AvgIpc) is 2.46. The first kappa shape index (κ1) is 16.1. The standard InChI is InChI=1S/C16H20I2N2/c1-19(2)13-9-7-12(8-10-13)15(17)16(18)14-6-4-5-11-20(14)3/h4-10,15-16H,11H2,1-3H3. The minimum atomic E-state index is 0.476. The number of nitrogens with zero attached hydrogens (tertiary/aromatic N) is 2. The predicted molar refractivity (Wildman–Crippen MR) is 105 cm³/mol. The molecule has 0 bridgehead atoms. The van der Waals surface area contributed by atoms with Crippen molar-refractivity contribution >= 4 is 50.9 Å². The van der Waals surface area contributed by atoms with E-state index in [0.717, 1.165) is 6.54 Å². The van der Waals surface area contributed by atoms with Crippen molar-refractivity contribution in [2.24, 2.45) is 0 Å². The zero-order valence-corrected chi connectivity index (χ0v) is 16.4. The fourth-order valence-electron chi connectivity index (χ4n) is 2.20. The summed E-state index contributed by atoms with van der Waals surface area (Å²) in [5, 5.41) is 0. The van der Waals surface area contributed by atoms with Crippen molar-refractivity contribution in [2.75, 3.05) is 32.6 Å². The quantitative estimate of drug-likeness (QED) is 0.452. The number of likely N-dealkylation sites (N-methyl/N-ethyl adjacent to an activating group) is 1. The first-order valence-electron chi connectivity index (χ1n) is 6.64. The predicted octanol–water partition coefficient (Wildman–Crippen LogP) is 4.42. The van der Waals surface area contributed by atoms with Gasteiger partial charge in [-0.1, -0.05) is 69.5 Å². The Bertz CT molecular complexity index is 506. The molecule has 2 rings (SSSR count). The second-order valence-corrected chi connectivity index (χ2v) is 7.87. The number of hydrogen-bond acceptors (Lipinski definition) is 2. The van der Waals surface area contributed by atoms with Crippen LogP contribution in [0.2, 0.25) is 0 Å². The number of allylic oxidation sites excluding steroid dienone is 3. The summed E-state index contributed by atoms with van der Waals surface area (Å²) in [5.74, 6) is 0. The van der Waals surface area contributed by atoms with Gasteiger partial charge in [0.1, 0.15) is 0 Å². The molecule has 1 aromatic rings. The van der Waals surface area contributed by atoms with Crippen LogP contribution in [0.3, 0.4) is 0 Å². The molecule has 1 aromatic carbocycles. The highest BCUT2D eigenvalue weighted by molar-refractivity contribution is 14.1. The Morgan fingerprint density at radius 2 is 1.75 bits per heavy atom. The summed E-state index contributed by atoms with van der Waals surface area (Å²) < 4.78 is 0.956. The van der Waals surface area contributed by atoms with Crippen molar-refractivity contribution in [1.29, 1.82) is 0 Å². The minimum absolute atomic E-state index is 0.476. The molecule has 0 aliphatic carbocycles. The number of anilines is 1. The van der Waals surface area contributed by atoms with Gasteiger partial charge < -0.3 is 9.80 Å². The van der Waals surface area contributed by atoms with Crippen LogP contribution in [-0.4, -0.2) is 36.5 Å². The second-order valence-electron chi connectivity index (χ2n) is 5.19. The molecule has 1 heterocycles. The highest BCUT2D eigenvalue weighted by Gasteiger charge is 2.24. The van der Waals surface area contributed by atoms with E-state index in [4.69, 9.17) is 0 Å². The van der Waals surface area contributed by atoms with Gasteiger partial charge >= 0.3 is 0 Å². The molecule has 0 amide bonds. The highest BCUT2D eigenvalue weighted by atomic mass is 127. The number of alkyl halides is 2. The molecule has 2 nitrogen and oxygen atoms in total. The number of rotatable bonds is 4. The monoisotopic (exact) mass is 494 g/mol. The highest BCUT2D eigenvalue weighted by Crippen LogP contribution is 2.38. The molecule has 0 spiro atoms. The summed E-state index contributed by atoms with van der Waals surface area (Å²) in [6.07, 6.45) is 6.60. The molecule has 0 radical (unpaired) electrons. The zero-order valence-electron chi connectivity index (χ0n) is 12.1. The molecule has 1 aliphatic heterocycles. The lowest BCUT2D eigenvalue weighted by Gasteiger charge is -2.30. The Hall–Kier alpha value is -0.240. The van der Waals surface area contributed by atoms with E-state index in [1.165, 1.54) is 16.9 Å². The van der Waals surface area contributed by atoms with Crippen molar-refractivity contribution in [2.45, 2.75) is 7.85 Å². The molecule has 108 valence electrons. The van der Waals surface area contributed by atoms with Gasteiger partial charge in [-0.25, -0.2) is 0 Å². The fraction of sp³-hybridized carbons (Fsp3) is 0.375. The Balaban J connectivity index is 2.16. The molecule has 0 saturated carbocycles. The minimum Gasteiger partial charge on any atom is -0.378 e. The van der Waals surface area contributed by atoms with Gasteiger partial charge in [0.15, 0.2) is 0 Å². The van der Waals surface area contributed by atoms with E-state index in [1.807, 2.05) is 0 Å². The Kier molecular flexibility index (Phi) is 5.77. The van der Waals surface area contributed by atoms with Gasteiger partial charge in [-0.15, -0.1) is 0 Å². The number of benzene rings is 1. The molecule has 0 aromatic heterocycles. The third kappa shape index (κ3) is 3.69. The Labute approximate surface area is 149 Å². The van der Waals surface area contributed by atoms with Gasteiger partial charge in [-0.3, -0.25) is 0 Å². The van der Waals surface area contributed by atoms with E-state index in [2.05, 4.69) is 119 Å². The largest absolute Gasteiger partial charge is 0.378 e. The van der Waals surface area contributed by atoms with Crippen molar-refractivity contribution in [3.05, 3.63) is 53.8 Å². The van der Waals surface area contributed by atoms with Crippen molar-refractivity contribution in [3.63, 3.8) is 0 Å². The van der Waals surface area contributed by atoms with Crippen LogP contribution in [0.5, 0.6) is 0 Å². The van der Waals surface area contributed by atoms with Crippen LogP contribution >= 0.6 is 45.2 Å². The van der Waals surface area contributed by atoms with Gasteiger partial charge in [0.25, 0.3) is 0 Å². The van der Waals surface area contributed by atoms with Crippen LogP contribution in [0.15, 0.2) is 48.2 Å². The molecule has 1 aliphatic rings. The fourth-order valence-corrected chi connectivity index (χ4v) is 4.08. The van der Waals surface area contributed by atoms with E-state index in [0.29, 0.717) is 7.85 Å². The lowest BCUT2D eigenvalue weighted by atomic mass is 10.1. The molecule has 0 fully saturated rings. The third-order valence-electron chi connectivity index (χ3n) is 3.49. The molecule has 0 saturated heterocycles. The van der Waals surface area contributed by atoms with Gasteiger partial charge in [-0.05, 0) is 23.8 Å². The molecule has 0 N–H and O–H groups in total. The lowest BCUT2D eigenvalue weighted by molar-refractivity contribution is 0.446. The molecular formula is C16H20I2N2. The van der Waals surface area contributed by atoms with E-state index in [-0.39, 0.29) is 0 Å². The van der Waals surface area contributed by atoms with Crippen molar-refractivity contribution < 1.29 is 0 Å². The second kappa shape index (κ2) is 7.15. The van der Waals surface area contributed by atoms with Crippen LogP contribution in [0, 0.1) is 0 Å². The van der Waals surface area contributed by atoms with Gasteiger partial charge in [0, 0.05) is 39.1 Å². The summed E-state index contributed by atoms with van der Waals surface area (Å²) in [5.41, 5.74) is 4.04. The molecular weight excluding hydrogens is 474 g/mol. The van der Waals surface area contributed by atoms with Crippen LogP contribution in [0.1, 0.15) is 9.49 Å². The maximum atomic E-state index is 2.57. The van der Waals surface area contributed by atoms with Crippen molar-refractivity contribution in [3.8, 4) is 0 Å². The van der Waals surface area contributed by atoms with Crippen LogP contribution in [0.25, 0.3) is 0 Å². The normalized spacial score (nSPS) is 17.6. The van der Waals surface area contributed by atoms with Gasteiger partial charge in [-0.2, -0.15) is 0 Å². The van der Waals surface area contributed by atoms with E-state index < -0.39 is 0 Å². The van der Waals surface area contributed by atoms with E-state index in [1.54, 1.807) is 0 Å². The lowest BCUT2D eigenvalue weighted by Crippen LogP contribution is -2.27. The smallest absolute Gasteiger partial charge is 0.0667 e. The summed E-state index contributed by atoms with van der Waals surface area (Å²) >= 11 is 5.13. The first-order valence-corrected chi connectivity index (χ1v) is 9.13. The van der Waals surface area contributed by atoms with Crippen molar-refractivity contribution in [1.82, 2.24) is 4.90 Å². The maximum absolute atomic E-state index is 2.57. The molecule has 2 atom stereocenters. The number of hydrogen-bond donors (Lipinski definition) is 0. The Morgan fingerprint density at radius 1 is 1.10 bits per heavy atom. The van der Waals surface area contributed by atoms with Gasteiger partial charge in [0.2, 0.25) is 0 Å². The summed E-state index contributed by atoms with van der Waals surface area (Å²) in [6.45, 7) is 1.01. The SMILES string of the molecule is CN1CC=CC=C1C(I)C(I)c1ccc(N(C)C)cc1. The average molecular weight is 494 g/mol. The number of halogens is 2. The molecule has 20 heavy (non-hydrogen) atoms. The zero-order chi connectivity index (χ0) is 14.7. The third-order valence-corrected chi connectivity index (χ3v) is 7.66. The molecule has 2 unspecified atom stereocenters. The van der Waals surface area contributed by atoms with E-state index >= 15 is 0 Å². The summed E-state index contributed by atoms with van der Waals surface area (Å²) in [6, 6.07) is 8.89. The topological polar surface area (TPSA) is 6.48 Å². The summed E-state index contributed by atoms with van der Waals surface area (Å²) in [4.78, 5) is 4.46. The van der Waals surface area contributed by atoms with Crippen LogP contribution in [-0.2, 0) is 0 Å². The van der Waals surface area contributed by atoms with Crippen LogP contribution < -0.4 is 4.90 Å². The molecule has 4 heteroatoms. The maximum Gasteiger partial charge on any atom is 0.0667 e. The van der Waals surface area contributed by atoms with Crippen LogP contribution in [0.4, 0.5) is 5.69 Å².